The van der Waals surface area contributed by atoms with E-state index in [4.69, 9.17) is 9.84 Å². The molecule has 0 bridgehead atoms. The van der Waals surface area contributed by atoms with E-state index < -0.39 is 32.8 Å². The minimum atomic E-state index is -4.03. The minimum Gasteiger partial charge on any atom is -0.394 e. The monoisotopic (exact) mass is 316 g/mol. The van der Waals surface area contributed by atoms with E-state index in [0.29, 0.717) is 0 Å². The fourth-order valence-corrected chi connectivity index (χ4v) is 4.00. The summed E-state index contributed by atoms with van der Waals surface area (Å²) < 4.78 is 31.8. The van der Waals surface area contributed by atoms with Gasteiger partial charge in [0.05, 0.1) is 24.2 Å². The molecule has 1 aromatic carbocycles. The highest BCUT2D eigenvalue weighted by atomic mass is 32.2. The number of nitro groups is 1. The number of aliphatic hydroxyl groups is 1. The zero-order chi connectivity index (χ0) is 15.6. The van der Waals surface area contributed by atoms with E-state index in [2.05, 4.69) is 0 Å². The maximum Gasteiger partial charge on any atom is 0.289 e. The van der Waals surface area contributed by atoms with Gasteiger partial charge in [-0.15, -0.1) is 0 Å². The summed E-state index contributed by atoms with van der Waals surface area (Å²) in [5.74, 6) is 0. The highest BCUT2D eigenvalue weighted by molar-refractivity contribution is 7.89. The van der Waals surface area contributed by atoms with Crippen molar-refractivity contribution in [2.75, 3.05) is 19.8 Å². The van der Waals surface area contributed by atoms with Crippen molar-refractivity contribution in [1.82, 2.24) is 4.31 Å². The number of para-hydroxylation sites is 1. The second-order valence-electron chi connectivity index (χ2n) is 4.79. The molecule has 1 saturated heterocycles. The molecule has 0 spiro atoms. The summed E-state index contributed by atoms with van der Waals surface area (Å²) in [6.07, 6.45) is -0.626. The first kappa shape index (κ1) is 15.8. The van der Waals surface area contributed by atoms with E-state index in [1.165, 1.54) is 18.2 Å². The van der Waals surface area contributed by atoms with Crippen molar-refractivity contribution in [2.45, 2.75) is 24.0 Å². The minimum absolute atomic E-state index is 0.0357. The van der Waals surface area contributed by atoms with E-state index in [9.17, 15) is 18.5 Å². The van der Waals surface area contributed by atoms with Crippen molar-refractivity contribution < 1.29 is 23.2 Å². The van der Waals surface area contributed by atoms with E-state index in [1.54, 1.807) is 6.92 Å². The lowest BCUT2D eigenvalue weighted by molar-refractivity contribution is -0.387. The maximum absolute atomic E-state index is 12.7. The molecule has 1 aliphatic rings. The van der Waals surface area contributed by atoms with Crippen LogP contribution in [0.15, 0.2) is 29.2 Å². The highest BCUT2D eigenvalue weighted by Crippen LogP contribution is 2.29. The van der Waals surface area contributed by atoms with Crippen LogP contribution in [0, 0.1) is 10.1 Å². The van der Waals surface area contributed by atoms with Crippen molar-refractivity contribution in [2.24, 2.45) is 0 Å². The second kappa shape index (κ2) is 6.06. The molecule has 1 N–H and O–H groups in total. The van der Waals surface area contributed by atoms with Gasteiger partial charge in [0.1, 0.15) is 0 Å². The van der Waals surface area contributed by atoms with Crippen LogP contribution in [0.1, 0.15) is 6.92 Å². The Hall–Kier alpha value is -1.55. The number of hydrogen-bond acceptors (Lipinski definition) is 6. The third-order valence-corrected chi connectivity index (χ3v) is 5.33. The van der Waals surface area contributed by atoms with Crippen LogP contribution in [0.25, 0.3) is 0 Å². The van der Waals surface area contributed by atoms with Crippen LogP contribution in [-0.4, -0.2) is 54.7 Å². The van der Waals surface area contributed by atoms with Crippen molar-refractivity contribution in [3.63, 3.8) is 0 Å². The average Bonchev–Trinajstić information content (AvgIpc) is 2.47. The van der Waals surface area contributed by atoms with Gasteiger partial charge in [0.2, 0.25) is 10.0 Å². The summed E-state index contributed by atoms with van der Waals surface area (Å²) in [6.45, 7) is 1.44. The van der Waals surface area contributed by atoms with Gasteiger partial charge in [0, 0.05) is 18.7 Å². The molecule has 116 valence electrons. The molecule has 0 radical (unpaired) electrons. The molecule has 0 saturated carbocycles. The fraction of sp³-hybridized carbons (Fsp3) is 0.500. The molecule has 1 fully saturated rings. The zero-order valence-corrected chi connectivity index (χ0v) is 12.2. The number of hydrogen-bond donors (Lipinski definition) is 1. The van der Waals surface area contributed by atoms with Gasteiger partial charge in [0.25, 0.3) is 5.69 Å². The largest absolute Gasteiger partial charge is 0.394 e. The first-order valence-electron chi connectivity index (χ1n) is 6.35. The molecule has 1 heterocycles. The van der Waals surface area contributed by atoms with E-state index in [-0.39, 0.29) is 24.7 Å². The second-order valence-corrected chi connectivity index (χ2v) is 6.65. The molecule has 0 aromatic heterocycles. The maximum atomic E-state index is 12.7. The van der Waals surface area contributed by atoms with Gasteiger partial charge >= 0.3 is 0 Å². The summed E-state index contributed by atoms with van der Waals surface area (Å²) in [7, 11) is -4.03. The average molecular weight is 316 g/mol. The number of nitrogens with zero attached hydrogens (tertiary/aromatic N) is 2. The standard InChI is InChI=1S/C12H16N2O6S/c1-9-8-20-10(7-15)6-13(9)21(18,19)12-5-3-2-4-11(12)14(16)17/h2-5,9-10,15H,6-8H2,1H3. The Morgan fingerprint density at radius 3 is 2.76 bits per heavy atom. The van der Waals surface area contributed by atoms with Gasteiger partial charge in [0.15, 0.2) is 4.90 Å². The smallest absolute Gasteiger partial charge is 0.289 e. The van der Waals surface area contributed by atoms with Crippen molar-refractivity contribution in [3.05, 3.63) is 34.4 Å². The van der Waals surface area contributed by atoms with Crippen LogP contribution < -0.4 is 0 Å². The number of rotatable bonds is 4. The Bertz CT molecular complexity index is 632. The molecule has 2 rings (SSSR count). The lowest BCUT2D eigenvalue weighted by Crippen LogP contribution is -2.51. The predicted molar refractivity (Wildman–Crippen MR) is 73.3 cm³/mol. The van der Waals surface area contributed by atoms with Crippen LogP contribution in [0.2, 0.25) is 0 Å². The Kier molecular flexibility index (Phi) is 4.57. The number of benzene rings is 1. The third kappa shape index (κ3) is 3.05. The lowest BCUT2D eigenvalue weighted by Gasteiger charge is -2.36. The van der Waals surface area contributed by atoms with Gasteiger partial charge in [-0.3, -0.25) is 10.1 Å². The number of morpholine rings is 1. The molecule has 9 heteroatoms. The number of sulfonamides is 1. The van der Waals surface area contributed by atoms with Crippen molar-refractivity contribution in [1.29, 1.82) is 0 Å². The molecule has 0 amide bonds. The van der Waals surface area contributed by atoms with Crippen LogP contribution in [-0.2, 0) is 14.8 Å². The summed E-state index contributed by atoms with van der Waals surface area (Å²) in [5.41, 5.74) is -0.461. The molecular weight excluding hydrogens is 300 g/mol. The van der Waals surface area contributed by atoms with Crippen molar-refractivity contribution in [3.8, 4) is 0 Å². The van der Waals surface area contributed by atoms with Crippen LogP contribution in [0.4, 0.5) is 5.69 Å². The number of nitro benzene ring substituents is 1. The van der Waals surface area contributed by atoms with Gasteiger partial charge in [-0.05, 0) is 13.0 Å². The third-order valence-electron chi connectivity index (χ3n) is 3.30. The number of aliphatic hydroxyl groups excluding tert-OH is 1. The van der Waals surface area contributed by atoms with Crippen LogP contribution >= 0.6 is 0 Å². The Labute approximate surface area is 122 Å². The van der Waals surface area contributed by atoms with Gasteiger partial charge in [-0.1, -0.05) is 12.1 Å². The van der Waals surface area contributed by atoms with Gasteiger partial charge < -0.3 is 9.84 Å². The fourth-order valence-electron chi connectivity index (χ4n) is 2.19. The van der Waals surface area contributed by atoms with Gasteiger partial charge in [-0.25, -0.2) is 8.42 Å². The Morgan fingerprint density at radius 2 is 2.14 bits per heavy atom. The molecule has 2 atom stereocenters. The summed E-state index contributed by atoms with van der Waals surface area (Å²) in [5, 5.41) is 20.1. The Morgan fingerprint density at radius 1 is 1.48 bits per heavy atom. The normalized spacial score (nSPS) is 23.9. The Balaban J connectivity index is 2.44. The molecule has 1 aliphatic heterocycles. The predicted octanol–water partition coefficient (Wildman–Crippen LogP) is 0.365. The van der Waals surface area contributed by atoms with E-state index in [1.807, 2.05) is 0 Å². The summed E-state index contributed by atoms with van der Waals surface area (Å²) >= 11 is 0. The molecule has 0 aliphatic carbocycles. The first-order chi connectivity index (χ1) is 9.87. The van der Waals surface area contributed by atoms with Crippen molar-refractivity contribution >= 4 is 15.7 Å². The SMILES string of the molecule is CC1COC(CO)CN1S(=O)(=O)c1ccccc1[N+](=O)[O-]. The van der Waals surface area contributed by atoms with Crippen LogP contribution in [0.3, 0.4) is 0 Å². The summed E-state index contributed by atoms with van der Waals surface area (Å²) in [4.78, 5) is 9.94. The van der Waals surface area contributed by atoms with Gasteiger partial charge in [-0.2, -0.15) is 4.31 Å². The van der Waals surface area contributed by atoms with Crippen LogP contribution in [0.5, 0.6) is 0 Å². The molecule has 1 aromatic rings. The molecule has 8 nitrogen and oxygen atoms in total. The topological polar surface area (TPSA) is 110 Å². The molecular formula is C12H16N2O6S. The first-order valence-corrected chi connectivity index (χ1v) is 7.79. The number of ether oxygens (including phenoxy) is 1. The lowest BCUT2D eigenvalue weighted by atomic mass is 10.2. The van der Waals surface area contributed by atoms with E-state index in [0.717, 1.165) is 10.4 Å². The quantitative estimate of drug-likeness (QED) is 0.634. The molecule has 2 unspecified atom stereocenters. The molecule has 21 heavy (non-hydrogen) atoms. The summed E-state index contributed by atoms with van der Waals surface area (Å²) in [6, 6.07) is 4.76. The zero-order valence-electron chi connectivity index (χ0n) is 11.4. The van der Waals surface area contributed by atoms with E-state index >= 15 is 0 Å². The highest BCUT2D eigenvalue weighted by Gasteiger charge is 2.38.